The molecule has 0 radical (unpaired) electrons. The fourth-order valence-corrected chi connectivity index (χ4v) is 4.49. The molecule has 3 fully saturated rings. The van der Waals surface area contributed by atoms with Crippen LogP contribution in [0.3, 0.4) is 0 Å². The van der Waals surface area contributed by atoms with E-state index >= 15 is 0 Å². The Morgan fingerprint density at radius 3 is 2.44 bits per heavy atom. The van der Waals surface area contributed by atoms with Gasteiger partial charge in [0.25, 0.3) is 0 Å². The van der Waals surface area contributed by atoms with E-state index in [0.29, 0.717) is 24.2 Å². The highest BCUT2D eigenvalue weighted by atomic mass is 16.2. The molecule has 0 aromatic carbocycles. The van der Waals surface area contributed by atoms with E-state index in [9.17, 15) is 9.59 Å². The van der Waals surface area contributed by atoms with Crippen LogP contribution in [0.4, 0.5) is 5.69 Å². The summed E-state index contributed by atoms with van der Waals surface area (Å²) in [6, 6.07) is 0.227. The number of nitrogens with one attached hydrogen (secondary N) is 1. The van der Waals surface area contributed by atoms with Gasteiger partial charge in [0.1, 0.15) is 0 Å². The lowest BCUT2D eigenvalue weighted by molar-refractivity contribution is -0.137. The molecule has 1 aromatic heterocycles. The second kappa shape index (κ2) is 8.44. The topological polar surface area (TPSA) is 67.2 Å². The summed E-state index contributed by atoms with van der Waals surface area (Å²) in [5.41, 5.74) is 0.766. The van der Waals surface area contributed by atoms with Crippen molar-refractivity contribution in [3.63, 3.8) is 0 Å². The third-order valence-electron chi connectivity index (χ3n) is 6.65. The Kier molecular flexibility index (Phi) is 5.79. The molecule has 2 saturated carbocycles. The number of hydrogen-bond acceptors (Lipinski definition) is 3. The van der Waals surface area contributed by atoms with Crippen LogP contribution < -0.4 is 5.32 Å². The molecule has 0 spiro atoms. The number of rotatable bonds is 7. The molecule has 1 N–H and O–H groups in total. The SMILES string of the molecule is O=C(CC1CCC1)Nc1cnn(C[C@@H]2CCCCN2C(=O)CC2CCC2)c1. The van der Waals surface area contributed by atoms with E-state index in [-0.39, 0.29) is 11.9 Å². The van der Waals surface area contributed by atoms with Gasteiger partial charge in [-0.1, -0.05) is 12.8 Å². The predicted octanol–water partition coefficient (Wildman–Crippen LogP) is 3.58. The zero-order valence-corrected chi connectivity index (χ0v) is 16.2. The van der Waals surface area contributed by atoms with Crippen LogP contribution in [0.25, 0.3) is 0 Å². The first-order chi connectivity index (χ1) is 13.2. The fourth-order valence-electron chi connectivity index (χ4n) is 4.49. The van der Waals surface area contributed by atoms with Crippen molar-refractivity contribution in [1.82, 2.24) is 14.7 Å². The minimum Gasteiger partial charge on any atom is -0.338 e. The molecule has 1 aliphatic heterocycles. The van der Waals surface area contributed by atoms with E-state index in [2.05, 4.69) is 15.3 Å². The summed E-state index contributed by atoms with van der Waals surface area (Å²) in [4.78, 5) is 26.9. The molecule has 1 atom stereocenters. The van der Waals surface area contributed by atoms with Crippen molar-refractivity contribution in [2.45, 2.75) is 83.2 Å². The molecular weight excluding hydrogens is 340 g/mol. The van der Waals surface area contributed by atoms with E-state index in [1.807, 2.05) is 10.9 Å². The van der Waals surface area contributed by atoms with Crippen molar-refractivity contribution in [3.8, 4) is 0 Å². The number of amides is 2. The molecule has 3 aliphatic rings. The van der Waals surface area contributed by atoms with E-state index in [4.69, 9.17) is 0 Å². The number of carbonyl (C=O) groups excluding carboxylic acids is 2. The van der Waals surface area contributed by atoms with Crippen LogP contribution in [-0.2, 0) is 16.1 Å². The van der Waals surface area contributed by atoms with E-state index < -0.39 is 0 Å². The monoisotopic (exact) mass is 372 g/mol. The van der Waals surface area contributed by atoms with Gasteiger partial charge >= 0.3 is 0 Å². The number of aromatic nitrogens is 2. The lowest BCUT2D eigenvalue weighted by Gasteiger charge is -2.37. The number of piperidine rings is 1. The summed E-state index contributed by atoms with van der Waals surface area (Å²) in [6.07, 6.45) is 15.6. The molecule has 148 valence electrons. The van der Waals surface area contributed by atoms with Gasteiger partial charge < -0.3 is 10.2 Å². The van der Waals surface area contributed by atoms with E-state index in [0.717, 1.165) is 38.0 Å². The maximum Gasteiger partial charge on any atom is 0.224 e. The summed E-state index contributed by atoms with van der Waals surface area (Å²) in [7, 11) is 0. The van der Waals surface area contributed by atoms with Gasteiger partial charge in [0, 0.05) is 25.6 Å². The molecule has 2 amide bonds. The van der Waals surface area contributed by atoms with Crippen molar-refractivity contribution in [2.24, 2.45) is 11.8 Å². The predicted molar refractivity (Wildman–Crippen MR) is 104 cm³/mol. The van der Waals surface area contributed by atoms with Gasteiger partial charge in [0.05, 0.1) is 24.5 Å². The van der Waals surface area contributed by atoms with E-state index in [1.165, 1.54) is 44.9 Å². The zero-order chi connectivity index (χ0) is 18.6. The molecule has 2 aliphatic carbocycles. The smallest absolute Gasteiger partial charge is 0.224 e. The fraction of sp³-hybridized carbons (Fsp3) is 0.762. The van der Waals surface area contributed by atoms with Crippen LogP contribution in [0.15, 0.2) is 12.4 Å². The van der Waals surface area contributed by atoms with Crippen molar-refractivity contribution in [2.75, 3.05) is 11.9 Å². The lowest BCUT2D eigenvalue weighted by Crippen LogP contribution is -2.46. The Bertz CT molecular complexity index is 663. The van der Waals surface area contributed by atoms with E-state index in [1.54, 1.807) is 6.20 Å². The maximum atomic E-state index is 12.7. The van der Waals surface area contributed by atoms with Gasteiger partial charge in [-0.3, -0.25) is 14.3 Å². The normalized spacial score (nSPS) is 23.6. The molecule has 2 heterocycles. The molecule has 0 bridgehead atoms. The van der Waals surface area contributed by atoms with Crippen LogP contribution in [0.5, 0.6) is 0 Å². The third kappa shape index (κ3) is 4.71. The minimum atomic E-state index is 0.0919. The average molecular weight is 373 g/mol. The molecule has 6 nitrogen and oxygen atoms in total. The summed E-state index contributed by atoms with van der Waals surface area (Å²) >= 11 is 0. The number of hydrogen-bond donors (Lipinski definition) is 1. The van der Waals surface area contributed by atoms with Crippen molar-refractivity contribution in [1.29, 1.82) is 0 Å². The second-order valence-electron chi connectivity index (χ2n) is 8.74. The largest absolute Gasteiger partial charge is 0.338 e. The van der Waals surface area contributed by atoms with Crippen LogP contribution in [-0.4, -0.2) is 39.1 Å². The Morgan fingerprint density at radius 1 is 1.00 bits per heavy atom. The zero-order valence-electron chi connectivity index (χ0n) is 16.2. The van der Waals surface area contributed by atoms with Crippen LogP contribution in [0.2, 0.25) is 0 Å². The van der Waals surface area contributed by atoms with Gasteiger partial charge in [-0.25, -0.2) is 0 Å². The van der Waals surface area contributed by atoms with Crippen LogP contribution >= 0.6 is 0 Å². The van der Waals surface area contributed by atoms with Gasteiger partial charge in [-0.2, -0.15) is 5.10 Å². The molecular formula is C21H32N4O2. The van der Waals surface area contributed by atoms with Gasteiger partial charge in [-0.05, 0) is 56.8 Å². The first kappa shape index (κ1) is 18.5. The highest BCUT2D eigenvalue weighted by Crippen LogP contribution is 2.31. The van der Waals surface area contributed by atoms with Gasteiger partial charge in [0.15, 0.2) is 0 Å². The summed E-state index contributed by atoms with van der Waals surface area (Å²) in [5, 5.41) is 7.39. The minimum absolute atomic E-state index is 0.0919. The third-order valence-corrected chi connectivity index (χ3v) is 6.65. The molecule has 27 heavy (non-hydrogen) atoms. The Balaban J connectivity index is 1.30. The Morgan fingerprint density at radius 2 is 1.74 bits per heavy atom. The van der Waals surface area contributed by atoms with Crippen molar-refractivity contribution < 1.29 is 9.59 Å². The lowest BCUT2D eigenvalue weighted by atomic mass is 9.82. The summed E-state index contributed by atoms with van der Waals surface area (Å²) < 4.78 is 1.89. The first-order valence-electron chi connectivity index (χ1n) is 10.8. The van der Waals surface area contributed by atoms with Crippen LogP contribution in [0, 0.1) is 11.8 Å². The molecule has 1 saturated heterocycles. The first-order valence-corrected chi connectivity index (χ1v) is 10.8. The van der Waals surface area contributed by atoms with Gasteiger partial charge in [-0.15, -0.1) is 0 Å². The van der Waals surface area contributed by atoms with Crippen molar-refractivity contribution in [3.05, 3.63) is 12.4 Å². The Labute approximate surface area is 161 Å². The molecule has 4 rings (SSSR count). The number of likely N-dealkylation sites (tertiary alicyclic amines) is 1. The number of nitrogens with zero attached hydrogens (tertiary/aromatic N) is 3. The standard InChI is InChI=1S/C21H32N4O2/c26-20(11-16-5-3-6-16)23-18-13-22-24(14-18)15-19-9-1-2-10-25(19)21(27)12-17-7-4-8-17/h13-14,16-17,19H,1-12,15H2,(H,23,26)/t19-/m0/s1. The maximum absolute atomic E-state index is 12.7. The molecule has 6 heteroatoms. The quantitative estimate of drug-likeness (QED) is 0.795. The Hall–Kier alpha value is -1.85. The second-order valence-corrected chi connectivity index (χ2v) is 8.74. The number of carbonyl (C=O) groups is 2. The van der Waals surface area contributed by atoms with Crippen molar-refractivity contribution >= 4 is 17.5 Å². The van der Waals surface area contributed by atoms with Crippen LogP contribution in [0.1, 0.15) is 70.6 Å². The highest BCUT2D eigenvalue weighted by molar-refractivity contribution is 5.90. The highest BCUT2D eigenvalue weighted by Gasteiger charge is 2.30. The number of anilines is 1. The summed E-state index contributed by atoms with van der Waals surface area (Å²) in [5.74, 6) is 1.60. The molecule has 0 unspecified atom stereocenters. The molecule has 1 aromatic rings. The van der Waals surface area contributed by atoms with Gasteiger partial charge in [0.2, 0.25) is 11.8 Å². The average Bonchev–Trinajstić information content (AvgIpc) is 3.01. The summed E-state index contributed by atoms with van der Waals surface area (Å²) in [6.45, 7) is 1.59.